The monoisotopic (exact) mass is 284 g/mol. The number of nitrogens with two attached hydrogens (primary N) is 1. The maximum atomic E-state index is 14.0. The summed E-state index contributed by atoms with van der Waals surface area (Å²) < 4.78 is 14.0. The van der Waals surface area contributed by atoms with Gasteiger partial charge in [-0.1, -0.05) is 43.3 Å². The lowest BCUT2D eigenvalue weighted by Gasteiger charge is -2.42. The van der Waals surface area contributed by atoms with Gasteiger partial charge in [0.2, 0.25) is 0 Å². The Morgan fingerprint density at radius 3 is 2.67 bits per heavy atom. The topological polar surface area (TPSA) is 38.0 Å². The molecule has 3 rings (SSSR count). The molecule has 0 radical (unpaired) electrons. The molecule has 21 heavy (non-hydrogen) atoms. The molecule has 2 aromatic rings. The van der Waals surface area contributed by atoms with Crippen LogP contribution in [0.1, 0.15) is 36.8 Å². The standard InChI is InChI=1S/C18H21FN2/c1-13-10-11-18(12-20,15-7-3-2-6-14(13)15)21-17-9-5-4-8-16(17)19/h2-9,13,21H,10-12,20H2,1H3. The van der Waals surface area contributed by atoms with Gasteiger partial charge in [0.1, 0.15) is 5.82 Å². The van der Waals surface area contributed by atoms with E-state index in [2.05, 4.69) is 30.4 Å². The minimum atomic E-state index is -0.384. The lowest BCUT2D eigenvalue weighted by Crippen LogP contribution is -2.46. The molecule has 0 amide bonds. The molecule has 0 aromatic heterocycles. The van der Waals surface area contributed by atoms with Crippen LogP contribution in [-0.4, -0.2) is 6.54 Å². The van der Waals surface area contributed by atoms with Crippen LogP contribution < -0.4 is 11.1 Å². The van der Waals surface area contributed by atoms with E-state index in [1.165, 1.54) is 17.2 Å². The van der Waals surface area contributed by atoms with E-state index in [4.69, 9.17) is 5.73 Å². The Labute approximate surface area is 125 Å². The van der Waals surface area contributed by atoms with Gasteiger partial charge in [0, 0.05) is 6.54 Å². The third-order valence-corrected chi connectivity index (χ3v) is 4.61. The SMILES string of the molecule is CC1CCC(CN)(Nc2ccccc2F)c2ccccc21. The first-order chi connectivity index (χ1) is 10.2. The van der Waals surface area contributed by atoms with E-state index in [-0.39, 0.29) is 11.4 Å². The van der Waals surface area contributed by atoms with Gasteiger partial charge in [0.05, 0.1) is 11.2 Å². The molecule has 0 saturated heterocycles. The molecular weight excluding hydrogens is 263 g/mol. The van der Waals surface area contributed by atoms with E-state index in [1.54, 1.807) is 12.1 Å². The maximum Gasteiger partial charge on any atom is 0.146 e. The second-order valence-electron chi connectivity index (χ2n) is 5.92. The second-order valence-corrected chi connectivity index (χ2v) is 5.92. The third-order valence-electron chi connectivity index (χ3n) is 4.61. The van der Waals surface area contributed by atoms with E-state index in [0.29, 0.717) is 18.2 Å². The van der Waals surface area contributed by atoms with E-state index < -0.39 is 0 Å². The molecule has 110 valence electrons. The highest BCUT2D eigenvalue weighted by molar-refractivity contribution is 5.52. The molecule has 0 spiro atoms. The number of anilines is 1. The molecule has 0 saturated carbocycles. The summed E-state index contributed by atoms with van der Waals surface area (Å²) in [4.78, 5) is 0. The Morgan fingerprint density at radius 2 is 1.90 bits per heavy atom. The van der Waals surface area contributed by atoms with Crippen molar-refractivity contribution >= 4 is 5.69 Å². The van der Waals surface area contributed by atoms with Crippen molar-refractivity contribution in [2.45, 2.75) is 31.2 Å². The summed E-state index contributed by atoms with van der Waals surface area (Å²) in [6, 6.07) is 15.2. The molecule has 2 unspecified atom stereocenters. The Hall–Kier alpha value is -1.87. The number of fused-ring (bicyclic) bond motifs is 1. The van der Waals surface area contributed by atoms with Gasteiger partial charge in [-0.15, -0.1) is 0 Å². The van der Waals surface area contributed by atoms with Crippen molar-refractivity contribution < 1.29 is 4.39 Å². The number of hydrogen-bond donors (Lipinski definition) is 2. The number of para-hydroxylation sites is 1. The van der Waals surface area contributed by atoms with Crippen molar-refractivity contribution in [3.63, 3.8) is 0 Å². The Kier molecular flexibility index (Phi) is 3.68. The highest BCUT2D eigenvalue weighted by Gasteiger charge is 2.37. The number of nitrogens with one attached hydrogen (secondary N) is 1. The summed E-state index contributed by atoms with van der Waals surface area (Å²) in [6.45, 7) is 2.69. The van der Waals surface area contributed by atoms with Gasteiger partial charge in [0.15, 0.2) is 0 Å². The lowest BCUT2D eigenvalue weighted by molar-refractivity contribution is 0.389. The largest absolute Gasteiger partial charge is 0.372 e. The highest BCUT2D eigenvalue weighted by Crippen LogP contribution is 2.42. The van der Waals surface area contributed by atoms with Gasteiger partial charge >= 0.3 is 0 Å². The van der Waals surface area contributed by atoms with Gasteiger partial charge in [-0.25, -0.2) is 4.39 Å². The zero-order valence-corrected chi connectivity index (χ0v) is 12.3. The number of rotatable bonds is 3. The first-order valence-electron chi connectivity index (χ1n) is 7.48. The minimum Gasteiger partial charge on any atom is -0.372 e. The molecule has 0 fully saturated rings. The molecule has 0 bridgehead atoms. The summed E-state index contributed by atoms with van der Waals surface area (Å²) in [6.07, 6.45) is 1.96. The second kappa shape index (κ2) is 5.49. The van der Waals surface area contributed by atoms with Crippen LogP contribution in [-0.2, 0) is 5.54 Å². The summed E-state index contributed by atoms with van der Waals surface area (Å²) in [5, 5.41) is 3.39. The fourth-order valence-corrected chi connectivity index (χ4v) is 3.33. The van der Waals surface area contributed by atoms with E-state index in [9.17, 15) is 4.39 Å². The van der Waals surface area contributed by atoms with E-state index in [1.807, 2.05) is 12.1 Å². The minimum absolute atomic E-state index is 0.235. The van der Waals surface area contributed by atoms with Gasteiger partial charge in [-0.2, -0.15) is 0 Å². The van der Waals surface area contributed by atoms with Crippen molar-refractivity contribution in [2.75, 3.05) is 11.9 Å². The molecular formula is C18H21FN2. The highest BCUT2D eigenvalue weighted by atomic mass is 19.1. The lowest BCUT2D eigenvalue weighted by atomic mass is 9.72. The van der Waals surface area contributed by atoms with Crippen LogP contribution in [0.15, 0.2) is 48.5 Å². The zero-order chi connectivity index (χ0) is 14.9. The van der Waals surface area contributed by atoms with Crippen LogP contribution in [0.4, 0.5) is 10.1 Å². The molecule has 2 atom stereocenters. The van der Waals surface area contributed by atoms with Gasteiger partial charge < -0.3 is 11.1 Å². The first-order valence-corrected chi connectivity index (χ1v) is 7.48. The predicted octanol–water partition coefficient (Wildman–Crippen LogP) is 3.99. The third kappa shape index (κ3) is 2.42. The van der Waals surface area contributed by atoms with Gasteiger partial charge in [-0.3, -0.25) is 0 Å². The molecule has 1 aliphatic carbocycles. The summed E-state index contributed by atoms with van der Waals surface area (Å²) in [5.41, 5.74) is 8.77. The maximum absolute atomic E-state index is 14.0. The quantitative estimate of drug-likeness (QED) is 0.894. The van der Waals surface area contributed by atoms with Gasteiger partial charge in [0.25, 0.3) is 0 Å². The van der Waals surface area contributed by atoms with Crippen molar-refractivity contribution in [1.29, 1.82) is 0 Å². The summed E-state index contributed by atoms with van der Waals surface area (Å²) >= 11 is 0. The molecule has 2 nitrogen and oxygen atoms in total. The smallest absolute Gasteiger partial charge is 0.146 e. The average Bonchev–Trinajstić information content (AvgIpc) is 2.53. The number of benzene rings is 2. The van der Waals surface area contributed by atoms with Crippen LogP contribution >= 0.6 is 0 Å². The van der Waals surface area contributed by atoms with Crippen LogP contribution in [0.25, 0.3) is 0 Å². The number of halogens is 1. The molecule has 1 aliphatic rings. The van der Waals surface area contributed by atoms with Crippen molar-refractivity contribution in [3.8, 4) is 0 Å². The van der Waals surface area contributed by atoms with Crippen LogP contribution in [0.5, 0.6) is 0 Å². The Bertz CT molecular complexity index is 641. The van der Waals surface area contributed by atoms with Crippen molar-refractivity contribution in [3.05, 3.63) is 65.5 Å². The normalized spacial score (nSPS) is 24.4. The van der Waals surface area contributed by atoms with Crippen LogP contribution in [0.3, 0.4) is 0 Å². The van der Waals surface area contributed by atoms with E-state index in [0.717, 1.165) is 12.8 Å². The summed E-state index contributed by atoms with van der Waals surface area (Å²) in [7, 11) is 0. The molecule has 0 aliphatic heterocycles. The molecule has 3 N–H and O–H groups in total. The van der Waals surface area contributed by atoms with Crippen LogP contribution in [0, 0.1) is 5.82 Å². The predicted molar refractivity (Wildman–Crippen MR) is 84.8 cm³/mol. The van der Waals surface area contributed by atoms with Gasteiger partial charge in [-0.05, 0) is 42.0 Å². The number of hydrogen-bond acceptors (Lipinski definition) is 2. The van der Waals surface area contributed by atoms with E-state index >= 15 is 0 Å². The Balaban J connectivity index is 2.05. The average molecular weight is 284 g/mol. The van der Waals surface area contributed by atoms with Crippen molar-refractivity contribution in [2.24, 2.45) is 5.73 Å². The molecule has 3 heteroatoms. The zero-order valence-electron chi connectivity index (χ0n) is 12.3. The molecule has 0 heterocycles. The fraction of sp³-hybridized carbons (Fsp3) is 0.333. The first kappa shape index (κ1) is 14.1. The Morgan fingerprint density at radius 1 is 1.19 bits per heavy atom. The van der Waals surface area contributed by atoms with Crippen LogP contribution in [0.2, 0.25) is 0 Å². The summed E-state index contributed by atoms with van der Waals surface area (Å²) in [5.74, 6) is 0.282. The van der Waals surface area contributed by atoms with Crippen molar-refractivity contribution in [1.82, 2.24) is 0 Å². The molecule has 2 aromatic carbocycles. The fourth-order valence-electron chi connectivity index (χ4n) is 3.33.